The van der Waals surface area contributed by atoms with Gasteiger partial charge in [-0.1, -0.05) is 0 Å². The maximum atomic E-state index is 14.4. The van der Waals surface area contributed by atoms with Crippen LogP contribution in [0.4, 0.5) is 20.2 Å². The van der Waals surface area contributed by atoms with Crippen molar-refractivity contribution in [1.29, 1.82) is 0 Å². The Morgan fingerprint density at radius 3 is 2.57 bits per heavy atom. The van der Waals surface area contributed by atoms with Gasteiger partial charge in [0.1, 0.15) is 11.7 Å². The summed E-state index contributed by atoms with van der Waals surface area (Å²) in [6, 6.07) is 7.29. The SMILES string of the molecule is Cc1cc(I)ccc1Nc1c(C(=O)NOC(C)(C)C(O)CO)ccc(F)c1F. The second-order valence-corrected chi connectivity index (χ2v) is 7.95. The molecule has 1 amide bonds. The van der Waals surface area contributed by atoms with Gasteiger partial charge in [0.2, 0.25) is 0 Å². The molecular formula is C19H21F2IN2O4. The third kappa shape index (κ3) is 5.16. The zero-order valence-electron chi connectivity index (χ0n) is 15.5. The molecule has 1 atom stereocenters. The third-order valence-electron chi connectivity index (χ3n) is 4.17. The van der Waals surface area contributed by atoms with Crippen LogP contribution in [0.25, 0.3) is 0 Å². The molecule has 1 unspecified atom stereocenters. The number of halogens is 3. The minimum absolute atomic E-state index is 0.189. The number of aliphatic hydroxyl groups is 2. The summed E-state index contributed by atoms with van der Waals surface area (Å²) in [5, 5.41) is 21.5. The van der Waals surface area contributed by atoms with Gasteiger partial charge in [-0.3, -0.25) is 9.63 Å². The summed E-state index contributed by atoms with van der Waals surface area (Å²) >= 11 is 2.13. The number of aliphatic hydroxyl groups excluding tert-OH is 2. The number of hydrogen-bond acceptors (Lipinski definition) is 5. The molecule has 0 bridgehead atoms. The highest BCUT2D eigenvalue weighted by Gasteiger charge is 2.30. The number of carbonyl (C=O) groups is 1. The lowest BCUT2D eigenvalue weighted by atomic mass is 10.0. The van der Waals surface area contributed by atoms with E-state index in [1.807, 2.05) is 6.07 Å². The van der Waals surface area contributed by atoms with Gasteiger partial charge in [0.15, 0.2) is 11.6 Å². The van der Waals surface area contributed by atoms with Gasteiger partial charge in [-0.15, -0.1) is 0 Å². The Balaban J connectivity index is 2.32. The van der Waals surface area contributed by atoms with E-state index in [2.05, 4.69) is 33.4 Å². The van der Waals surface area contributed by atoms with Crippen LogP contribution in [0.15, 0.2) is 30.3 Å². The number of rotatable bonds is 7. The molecule has 0 spiro atoms. The summed E-state index contributed by atoms with van der Waals surface area (Å²) in [7, 11) is 0. The molecule has 2 rings (SSSR count). The minimum atomic E-state index is -1.30. The second-order valence-electron chi connectivity index (χ2n) is 6.70. The predicted molar refractivity (Wildman–Crippen MR) is 109 cm³/mol. The average Bonchev–Trinajstić information content (AvgIpc) is 2.64. The number of hydrogen-bond donors (Lipinski definition) is 4. The molecule has 2 aromatic carbocycles. The fraction of sp³-hybridized carbons (Fsp3) is 0.316. The molecule has 9 heteroatoms. The fourth-order valence-corrected chi connectivity index (χ4v) is 2.93. The summed E-state index contributed by atoms with van der Waals surface area (Å²) < 4.78 is 29.2. The molecule has 6 nitrogen and oxygen atoms in total. The number of hydroxylamine groups is 1. The van der Waals surface area contributed by atoms with Gasteiger partial charge >= 0.3 is 0 Å². The zero-order chi connectivity index (χ0) is 21.1. The first kappa shape index (κ1) is 22.5. The molecule has 152 valence electrons. The van der Waals surface area contributed by atoms with Crippen LogP contribution in [0.1, 0.15) is 29.8 Å². The van der Waals surface area contributed by atoms with E-state index < -0.39 is 35.9 Å². The highest BCUT2D eigenvalue weighted by atomic mass is 127. The predicted octanol–water partition coefficient (Wildman–Crippen LogP) is 3.41. The van der Waals surface area contributed by atoms with Crippen molar-refractivity contribution in [3.8, 4) is 0 Å². The minimum Gasteiger partial charge on any atom is -0.394 e. The molecule has 0 aliphatic carbocycles. The van der Waals surface area contributed by atoms with Crippen LogP contribution in [-0.2, 0) is 4.84 Å². The van der Waals surface area contributed by atoms with Gasteiger partial charge in [-0.2, -0.15) is 0 Å². The quantitative estimate of drug-likeness (QED) is 0.342. The van der Waals surface area contributed by atoms with Crippen molar-refractivity contribution in [2.75, 3.05) is 11.9 Å². The van der Waals surface area contributed by atoms with Crippen LogP contribution in [0, 0.1) is 22.1 Å². The first-order valence-corrected chi connectivity index (χ1v) is 9.43. The van der Waals surface area contributed by atoms with Crippen molar-refractivity contribution in [2.24, 2.45) is 0 Å². The number of anilines is 2. The summed E-state index contributed by atoms with van der Waals surface area (Å²) in [5.74, 6) is -3.16. The average molecular weight is 506 g/mol. The van der Waals surface area contributed by atoms with Crippen molar-refractivity contribution in [2.45, 2.75) is 32.5 Å². The van der Waals surface area contributed by atoms with E-state index in [1.54, 1.807) is 19.1 Å². The zero-order valence-corrected chi connectivity index (χ0v) is 17.7. The molecule has 0 fully saturated rings. The highest BCUT2D eigenvalue weighted by Crippen LogP contribution is 2.29. The Morgan fingerprint density at radius 2 is 1.96 bits per heavy atom. The second kappa shape index (κ2) is 9.12. The Morgan fingerprint density at radius 1 is 1.29 bits per heavy atom. The largest absolute Gasteiger partial charge is 0.394 e. The molecule has 0 saturated carbocycles. The number of carbonyl (C=O) groups excluding carboxylic acids is 1. The Labute approximate surface area is 175 Å². The first-order valence-electron chi connectivity index (χ1n) is 8.35. The van der Waals surface area contributed by atoms with Crippen molar-refractivity contribution in [1.82, 2.24) is 5.48 Å². The summed E-state index contributed by atoms with van der Waals surface area (Å²) in [6.07, 6.45) is -1.26. The van der Waals surface area contributed by atoms with Gasteiger partial charge < -0.3 is 15.5 Å². The number of aryl methyl sites for hydroxylation is 1. The lowest BCUT2D eigenvalue weighted by molar-refractivity contribution is -0.144. The third-order valence-corrected chi connectivity index (χ3v) is 4.84. The van der Waals surface area contributed by atoms with E-state index >= 15 is 0 Å². The van der Waals surface area contributed by atoms with E-state index in [-0.39, 0.29) is 11.3 Å². The number of benzene rings is 2. The maximum Gasteiger partial charge on any atom is 0.277 e. The van der Waals surface area contributed by atoms with Gasteiger partial charge in [0.25, 0.3) is 5.91 Å². The molecule has 0 aliphatic rings. The molecule has 0 radical (unpaired) electrons. The van der Waals surface area contributed by atoms with Crippen LogP contribution >= 0.6 is 22.6 Å². The van der Waals surface area contributed by atoms with Crippen LogP contribution in [0.5, 0.6) is 0 Å². The van der Waals surface area contributed by atoms with E-state index in [0.29, 0.717) is 5.69 Å². The molecule has 0 heterocycles. The van der Waals surface area contributed by atoms with E-state index in [9.17, 15) is 18.7 Å². The summed E-state index contributed by atoms with van der Waals surface area (Å²) in [4.78, 5) is 17.7. The van der Waals surface area contributed by atoms with Crippen LogP contribution in [-0.4, -0.2) is 34.4 Å². The molecule has 0 saturated heterocycles. The molecule has 28 heavy (non-hydrogen) atoms. The number of nitrogens with one attached hydrogen (secondary N) is 2. The fourth-order valence-electron chi connectivity index (χ4n) is 2.28. The Bertz CT molecular complexity index is 877. The van der Waals surface area contributed by atoms with E-state index in [1.165, 1.54) is 13.8 Å². The van der Waals surface area contributed by atoms with Crippen molar-refractivity contribution >= 4 is 39.9 Å². The lowest BCUT2D eigenvalue weighted by Crippen LogP contribution is -2.46. The highest BCUT2D eigenvalue weighted by molar-refractivity contribution is 14.1. The van der Waals surface area contributed by atoms with E-state index in [4.69, 9.17) is 9.94 Å². The van der Waals surface area contributed by atoms with Gasteiger partial charge in [-0.25, -0.2) is 14.3 Å². The van der Waals surface area contributed by atoms with Crippen LogP contribution in [0.2, 0.25) is 0 Å². The van der Waals surface area contributed by atoms with Gasteiger partial charge in [0, 0.05) is 9.26 Å². The van der Waals surface area contributed by atoms with Crippen molar-refractivity contribution in [3.63, 3.8) is 0 Å². The first-order chi connectivity index (χ1) is 13.1. The maximum absolute atomic E-state index is 14.4. The van der Waals surface area contributed by atoms with Crippen molar-refractivity contribution in [3.05, 3.63) is 56.7 Å². The van der Waals surface area contributed by atoms with Gasteiger partial charge in [-0.05, 0) is 79.3 Å². The standard InChI is InChI=1S/C19H21F2IN2O4/c1-10-8-11(22)4-7-14(10)23-17-12(5-6-13(20)16(17)21)18(27)24-28-19(2,3)15(26)9-25/h4-8,15,23,25-26H,9H2,1-3H3,(H,24,27). The number of amides is 1. The Hall–Kier alpha value is -1.82. The van der Waals surface area contributed by atoms with Crippen LogP contribution < -0.4 is 10.8 Å². The molecule has 4 N–H and O–H groups in total. The molecule has 0 aliphatic heterocycles. The smallest absolute Gasteiger partial charge is 0.277 e. The molecule has 0 aromatic heterocycles. The summed E-state index contributed by atoms with van der Waals surface area (Å²) in [5.41, 5.74) is 1.57. The topological polar surface area (TPSA) is 90.8 Å². The van der Waals surface area contributed by atoms with E-state index in [0.717, 1.165) is 21.3 Å². The molecule has 2 aromatic rings. The lowest BCUT2D eigenvalue weighted by Gasteiger charge is -2.28. The summed E-state index contributed by atoms with van der Waals surface area (Å²) in [6.45, 7) is 4.12. The monoisotopic (exact) mass is 506 g/mol. The molecular weight excluding hydrogens is 485 g/mol. The van der Waals surface area contributed by atoms with Gasteiger partial charge in [0.05, 0.1) is 17.9 Å². The Kier molecular flexibility index (Phi) is 7.32. The van der Waals surface area contributed by atoms with Crippen molar-refractivity contribution < 1.29 is 28.6 Å². The van der Waals surface area contributed by atoms with Crippen LogP contribution in [0.3, 0.4) is 0 Å². The normalized spacial score (nSPS) is 12.6.